The monoisotopic (exact) mass is 354 g/mol. The minimum absolute atomic E-state index is 0.272. The molecular formula is C19H15FN2O2S. The number of aromatic nitrogens is 1. The zero-order valence-electron chi connectivity index (χ0n) is 13.7. The predicted octanol–water partition coefficient (Wildman–Crippen LogP) is 5.30. The Morgan fingerprint density at radius 2 is 2.12 bits per heavy atom. The van der Waals surface area contributed by atoms with Gasteiger partial charge in [-0.25, -0.2) is 9.37 Å². The van der Waals surface area contributed by atoms with Gasteiger partial charge in [0.15, 0.2) is 10.9 Å². The van der Waals surface area contributed by atoms with Gasteiger partial charge >= 0.3 is 0 Å². The SMILES string of the molecule is CCc1ccc2oc(C(=O)Nc3nc4ccc(F)cc4s3)c(C)c2c1. The minimum atomic E-state index is -0.355. The first-order chi connectivity index (χ1) is 12.0. The van der Waals surface area contributed by atoms with E-state index in [1.165, 1.54) is 29.0 Å². The van der Waals surface area contributed by atoms with Crippen molar-refractivity contribution in [2.45, 2.75) is 20.3 Å². The molecule has 4 rings (SSSR count). The maximum Gasteiger partial charge on any atom is 0.293 e. The van der Waals surface area contributed by atoms with E-state index in [4.69, 9.17) is 4.42 Å². The second kappa shape index (κ2) is 5.97. The van der Waals surface area contributed by atoms with E-state index >= 15 is 0 Å². The number of halogens is 1. The maximum absolute atomic E-state index is 13.3. The summed E-state index contributed by atoms with van der Waals surface area (Å²) < 4.78 is 19.7. The summed E-state index contributed by atoms with van der Waals surface area (Å²) in [7, 11) is 0. The van der Waals surface area contributed by atoms with Crippen molar-refractivity contribution in [3.05, 3.63) is 59.1 Å². The summed E-state index contributed by atoms with van der Waals surface area (Å²) in [4.78, 5) is 16.9. The van der Waals surface area contributed by atoms with Gasteiger partial charge in [0.2, 0.25) is 0 Å². The largest absolute Gasteiger partial charge is 0.451 e. The summed E-state index contributed by atoms with van der Waals surface area (Å²) in [6, 6.07) is 10.3. The van der Waals surface area contributed by atoms with Gasteiger partial charge in [-0.3, -0.25) is 10.1 Å². The highest BCUT2D eigenvalue weighted by Crippen LogP contribution is 2.29. The Labute approximate surface area is 147 Å². The Hall–Kier alpha value is -2.73. The Morgan fingerprint density at radius 1 is 1.28 bits per heavy atom. The van der Waals surface area contributed by atoms with E-state index in [9.17, 15) is 9.18 Å². The molecule has 0 aliphatic heterocycles. The number of nitrogens with zero attached hydrogens (tertiary/aromatic N) is 1. The molecule has 6 heteroatoms. The molecule has 0 saturated carbocycles. The molecule has 25 heavy (non-hydrogen) atoms. The van der Waals surface area contributed by atoms with Crippen molar-refractivity contribution in [1.29, 1.82) is 0 Å². The zero-order valence-corrected chi connectivity index (χ0v) is 14.5. The van der Waals surface area contributed by atoms with Crippen LogP contribution in [0.3, 0.4) is 0 Å². The number of carbonyl (C=O) groups is 1. The van der Waals surface area contributed by atoms with Crippen LogP contribution in [0.15, 0.2) is 40.8 Å². The minimum Gasteiger partial charge on any atom is -0.451 e. The normalized spacial score (nSPS) is 11.3. The molecule has 0 bridgehead atoms. The molecule has 0 spiro atoms. The van der Waals surface area contributed by atoms with Crippen LogP contribution < -0.4 is 5.32 Å². The molecule has 0 aliphatic carbocycles. The third-order valence-corrected chi connectivity index (χ3v) is 5.12. The number of thiazole rings is 1. The van der Waals surface area contributed by atoms with E-state index < -0.39 is 0 Å². The molecule has 0 fully saturated rings. The first-order valence-corrected chi connectivity index (χ1v) is 8.76. The van der Waals surface area contributed by atoms with Gasteiger partial charge in [-0.1, -0.05) is 24.3 Å². The molecule has 126 valence electrons. The van der Waals surface area contributed by atoms with Crippen LogP contribution in [0.2, 0.25) is 0 Å². The Bertz CT molecular complexity index is 1110. The summed E-state index contributed by atoms with van der Waals surface area (Å²) in [5.74, 6) is -0.408. The quantitative estimate of drug-likeness (QED) is 0.543. The van der Waals surface area contributed by atoms with E-state index in [2.05, 4.69) is 17.2 Å². The lowest BCUT2D eigenvalue weighted by molar-refractivity contribution is 0.0998. The zero-order chi connectivity index (χ0) is 17.6. The van der Waals surface area contributed by atoms with E-state index in [1.54, 1.807) is 6.07 Å². The second-order valence-electron chi connectivity index (χ2n) is 5.83. The lowest BCUT2D eigenvalue weighted by atomic mass is 10.1. The fraction of sp³-hybridized carbons (Fsp3) is 0.158. The molecule has 4 aromatic rings. The third-order valence-electron chi connectivity index (χ3n) is 4.19. The van der Waals surface area contributed by atoms with E-state index in [0.717, 1.165) is 17.4 Å². The van der Waals surface area contributed by atoms with Crippen LogP contribution in [0.25, 0.3) is 21.2 Å². The second-order valence-corrected chi connectivity index (χ2v) is 6.86. The summed E-state index contributed by atoms with van der Waals surface area (Å²) in [5, 5.41) is 4.11. The van der Waals surface area contributed by atoms with Crippen LogP contribution in [-0.4, -0.2) is 10.9 Å². The first-order valence-electron chi connectivity index (χ1n) is 7.94. The average molecular weight is 354 g/mol. The highest BCUT2D eigenvalue weighted by Gasteiger charge is 2.19. The fourth-order valence-electron chi connectivity index (χ4n) is 2.81. The fourth-order valence-corrected chi connectivity index (χ4v) is 3.70. The van der Waals surface area contributed by atoms with Crippen LogP contribution in [0, 0.1) is 12.7 Å². The summed E-state index contributed by atoms with van der Waals surface area (Å²) in [6.45, 7) is 3.95. The van der Waals surface area contributed by atoms with Gasteiger partial charge in [0.05, 0.1) is 10.2 Å². The van der Waals surface area contributed by atoms with Crippen molar-refractivity contribution < 1.29 is 13.6 Å². The summed E-state index contributed by atoms with van der Waals surface area (Å²) in [5.41, 5.74) is 3.33. The molecule has 2 heterocycles. The molecule has 0 unspecified atom stereocenters. The number of nitrogens with one attached hydrogen (secondary N) is 1. The first kappa shape index (κ1) is 15.8. The van der Waals surface area contributed by atoms with Crippen LogP contribution in [0.4, 0.5) is 9.52 Å². The molecule has 0 saturated heterocycles. The number of fused-ring (bicyclic) bond motifs is 2. The van der Waals surface area contributed by atoms with Gasteiger partial charge in [0.1, 0.15) is 11.4 Å². The van der Waals surface area contributed by atoms with Gasteiger partial charge in [-0.2, -0.15) is 0 Å². The van der Waals surface area contributed by atoms with Crippen molar-refractivity contribution in [2.75, 3.05) is 5.32 Å². The van der Waals surface area contributed by atoms with Crippen molar-refractivity contribution in [3.63, 3.8) is 0 Å². The van der Waals surface area contributed by atoms with Crippen LogP contribution in [0.1, 0.15) is 28.6 Å². The van der Waals surface area contributed by atoms with Gasteiger partial charge in [-0.05, 0) is 49.2 Å². The van der Waals surface area contributed by atoms with Crippen molar-refractivity contribution >= 4 is 43.6 Å². The third kappa shape index (κ3) is 2.78. The van der Waals surface area contributed by atoms with Gasteiger partial charge in [-0.15, -0.1) is 0 Å². The standard InChI is InChI=1S/C19H15FN2O2S/c1-3-11-4-7-15-13(8-11)10(2)17(24-15)18(23)22-19-21-14-6-5-12(20)9-16(14)25-19/h4-9H,3H2,1-2H3,(H,21,22,23). The highest BCUT2D eigenvalue weighted by atomic mass is 32.1. The number of rotatable bonds is 3. The maximum atomic E-state index is 13.3. The van der Waals surface area contributed by atoms with E-state index in [1.807, 2.05) is 25.1 Å². The van der Waals surface area contributed by atoms with Crippen molar-refractivity contribution in [3.8, 4) is 0 Å². The van der Waals surface area contributed by atoms with Gasteiger partial charge < -0.3 is 4.42 Å². The molecular weight excluding hydrogens is 339 g/mol. The highest BCUT2D eigenvalue weighted by molar-refractivity contribution is 7.22. The van der Waals surface area contributed by atoms with Crippen LogP contribution >= 0.6 is 11.3 Å². The molecule has 4 nitrogen and oxygen atoms in total. The number of hydrogen-bond acceptors (Lipinski definition) is 4. The Morgan fingerprint density at radius 3 is 2.92 bits per heavy atom. The number of anilines is 1. The Balaban J connectivity index is 1.67. The van der Waals surface area contributed by atoms with E-state index in [0.29, 0.717) is 20.9 Å². The number of furan rings is 1. The number of amides is 1. The average Bonchev–Trinajstić information content (AvgIpc) is 3.14. The molecule has 0 aliphatic rings. The van der Waals surface area contributed by atoms with E-state index in [-0.39, 0.29) is 17.5 Å². The molecule has 1 amide bonds. The smallest absolute Gasteiger partial charge is 0.293 e. The predicted molar refractivity (Wildman–Crippen MR) is 97.9 cm³/mol. The number of benzene rings is 2. The lowest BCUT2D eigenvalue weighted by Gasteiger charge is -1.99. The van der Waals surface area contributed by atoms with Crippen LogP contribution in [-0.2, 0) is 6.42 Å². The van der Waals surface area contributed by atoms with Gasteiger partial charge in [0, 0.05) is 10.9 Å². The van der Waals surface area contributed by atoms with Crippen molar-refractivity contribution in [2.24, 2.45) is 0 Å². The van der Waals surface area contributed by atoms with Crippen molar-refractivity contribution in [1.82, 2.24) is 4.98 Å². The van der Waals surface area contributed by atoms with Crippen LogP contribution in [0.5, 0.6) is 0 Å². The lowest BCUT2D eigenvalue weighted by Crippen LogP contribution is -2.11. The Kier molecular flexibility index (Phi) is 3.77. The molecule has 0 radical (unpaired) electrons. The molecule has 2 aromatic heterocycles. The summed E-state index contributed by atoms with van der Waals surface area (Å²) in [6.07, 6.45) is 0.921. The molecule has 0 atom stereocenters. The summed E-state index contributed by atoms with van der Waals surface area (Å²) >= 11 is 1.23. The number of aryl methyl sites for hydroxylation is 2. The topological polar surface area (TPSA) is 55.1 Å². The number of hydrogen-bond donors (Lipinski definition) is 1. The molecule has 2 aromatic carbocycles. The van der Waals surface area contributed by atoms with Gasteiger partial charge in [0.25, 0.3) is 5.91 Å². The molecule has 1 N–H and O–H groups in total. The number of carbonyl (C=O) groups excluding carboxylic acids is 1.